The second kappa shape index (κ2) is 6.01. The molecule has 154 valence electrons. The first-order valence-corrected chi connectivity index (χ1v) is 8.98. The van der Waals surface area contributed by atoms with Crippen molar-refractivity contribution in [3.05, 3.63) is 29.3 Å². The van der Waals surface area contributed by atoms with Crippen molar-refractivity contribution in [1.29, 1.82) is 5.26 Å². The summed E-state index contributed by atoms with van der Waals surface area (Å²) < 4.78 is 45.8. The Balaban J connectivity index is 1.81. The van der Waals surface area contributed by atoms with E-state index in [4.69, 9.17) is 10.00 Å². The number of imide groups is 1. The molecule has 0 aromatic heterocycles. The number of carbonyl (C=O) groups is 2. The first kappa shape index (κ1) is 19.8. The fraction of sp³-hybridized carbons (Fsp3) is 0.526. The fourth-order valence-corrected chi connectivity index (χ4v) is 5.14. The largest absolute Gasteiger partial charge is 0.417 e. The van der Waals surface area contributed by atoms with Gasteiger partial charge in [-0.05, 0) is 25.1 Å². The molecule has 3 aliphatic heterocycles. The maximum absolute atomic E-state index is 13.3. The molecule has 5 atom stereocenters. The Hall–Kier alpha value is -2.48. The van der Waals surface area contributed by atoms with E-state index in [0.29, 0.717) is 11.0 Å². The highest BCUT2D eigenvalue weighted by atomic mass is 19.4. The first-order valence-electron chi connectivity index (χ1n) is 8.98. The zero-order chi connectivity index (χ0) is 21.4. The van der Waals surface area contributed by atoms with Crippen LogP contribution in [0.3, 0.4) is 0 Å². The van der Waals surface area contributed by atoms with Crippen LogP contribution in [0.2, 0.25) is 0 Å². The minimum atomic E-state index is -4.84. The van der Waals surface area contributed by atoms with Gasteiger partial charge in [0.2, 0.25) is 11.8 Å². The molecule has 1 aromatic carbocycles. The van der Waals surface area contributed by atoms with Crippen LogP contribution in [0.25, 0.3) is 0 Å². The van der Waals surface area contributed by atoms with Crippen molar-refractivity contribution in [2.75, 3.05) is 11.5 Å². The summed E-state index contributed by atoms with van der Waals surface area (Å²) in [4.78, 5) is 26.9. The summed E-state index contributed by atoms with van der Waals surface area (Å²) in [5.41, 5.74) is -4.79. The number of hydrogen-bond donors (Lipinski definition) is 2. The van der Waals surface area contributed by atoms with Gasteiger partial charge in [-0.1, -0.05) is 0 Å². The lowest BCUT2D eigenvalue weighted by atomic mass is 9.66. The highest BCUT2D eigenvalue weighted by molar-refractivity contribution is 6.23. The van der Waals surface area contributed by atoms with Crippen LogP contribution in [0.15, 0.2) is 18.2 Å². The molecule has 3 fully saturated rings. The molecule has 4 rings (SSSR count). The minimum absolute atomic E-state index is 0.0716. The van der Waals surface area contributed by atoms with Crippen LogP contribution in [0.5, 0.6) is 0 Å². The number of amides is 2. The highest BCUT2D eigenvalue weighted by Gasteiger charge is 2.77. The SMILES string of the molecule is C[C@]12C[C@H](O)[C@](CCO)(O1)C1C(=O)N(c3ccc(C#N)c(C(F)(F)F)c3)C(=O)C12. The third-order valence-electron chi connectivity index (χ3n) is 6.27. The van der Waals surface area contributed by atoms with E-state index in [1.807, 2.05) is 0 Å². The second-order valence-electron chi connectivity index (χ2n) is 7.87. The Bertz CT molecular complexity index is 958. The Kier molecular flexibility index (Phi) is 4.11. The summed E-state index contributed by atoms with van der Waals surface area (Å²) in [6.07, 6.45) is -5.95. The molecule has 2 bridgehead atoms. The van der Waals surface area contributed by atoms with Crippen LogP contribution in [0.4, 0.5) is 18.9 Å². The molecule has 0 aliphatic carbocycles. The number of benzene rings is 1. The minimum Gasteiger partial charge on any atom is -0.396 e. The van der Waals surface area contributed by atoms with Crippen LogP contribution >= 0.6 is 0 Å². The number of nitrogens with zero attached hydrogens (tertiary/aromatic N) is 2. The van der Waals surface area contributed by atoms with Crippen LogP contribution in [0, 0.1) is 23.2 Å². The van der Waals surface area contributed by atoms with Crippen molar-refractivity contribution in [2.45, 2.75) is 43.2 Å². The van der Waals surface area contributed by atoms with Gasteiger partial charge in [0.15, 0.2) is 0 Å². The number of nitriles is 1. The number of aliphatic hydroxyl groups is 2. The third-order valence-corrected chi connectivity index (χ3v) is 6.27. The lowest BCUT2D eigenvalue weighted by molar-refractivity contribution is -0.139. The van der Waals surface area contributed by atoms with Gasteiger partial charge in [-0.3, -0.25) is 9.59 Å². The van der Waals surface area contributed by atoms with Gasteiger partial charge in [0.05, 0.1) is 46.4 Å². The summed E-state index contributed by atoms with van der Waals surface area (Å²) in [6, 6.07) is 4.09. The molecule has 3 saturated heterocycles. The number of fused-ring (bicyclic) bond motifs is 5. The quantitative estimate of drug-likeness (QED) is 0.728. The number of rotatable bonds is 3. The maximum Gasteiger partial charge on any atom is 0.417 e. The topological polar surface area (TPSA) is 111 Å². The van der Waals surface area contributed by atoms with E-state index in [1.54, 1.807) is 6.92 Å². The van der Waals surface area contributed by atoms with E-state index in [9.17, 15) is 33.0 Å². The van der Waals surface area contributed by atoms with E-state index < -0.39 is 64.9 Å². The lowest BCUT2D eigenvalue weighted by Crippen LogP contribution is -2.51. The monoisotopic (exact) mass is 410 g/mol. The molecule has 3 aliphatic rings. The van der Waals surface area contributed by atoms with Gasteiger partial charge in [-0.15, -0.1) is 0 Å². The molecular weight excluding hydrogens is 393 g/mol. The number of anilines is 1. The molecule has 10 heteroatoms. The molecule has 0 radical (unpaired) electrons. The average molecular weight is 410 g/mol. The Morgan fingerprint density at radius 3 is 2.55 bits per heavy atom. The van der Waals surface area contributed by atoms with Crippen LogP contribution in [0.1, 0.15) is 30.9 Å². The van der Waals surface area contributed by atoms with E-state index in [-0.39, 0.29) is 18.5 Å². The number of halogens is 3. The zero-order valence-electron chi connectivity index (χ0n) is 15.2. The summed E-state index contributed by atoms with van der Waals surface area (Å²) in [7, 11) is 0. The maximum atomic E-state index is 13.3. The number of carbonyl (C=O) groups excluding carboxylic acids is 2. The van der Waals surface area contributed by atoms with Crippen molar-refractivity contribution < 1.29 is 37.7 Å². The summed E-state index contributed by atoms with van der Waals surface area (Å²) in [5, 5.41) is 28.9. The van der Waals surface area contributed by atoms with Crippen LogP contribution in [-0.2, 0) is 20.5 Å². The number of alkyl halides is 3. The molecule has 2 amide bonds. The summed E-state index contributed by atoms with van der Waals surface area (Å²) >= 11 is 0. The second-order valence-corrected chi connectivity index (χ2v) is 7.87. The highest BCUT2D eigenvalue weighted by Crippen LogP contribution is 2.62. The predicted octanol–water partition coefficient (Wildman–Crippen LogP) is 1.36. The van der Waals surface area contributed by atoms with Crippen molar-refractivity contribution >= 4 is 17.5 Å². The normalized spacial score (nSPS) is 35.9. The Labute approximate surface area is 163 Å². The van der Waals surface area contributed by atoms with Gasteiger partial charge in [0.1, 0.15) is 5.60 Å². The molecule has 7 nitrogen and oxygen atoms in total. The van der Waals surface area contributed by atoms with Crippen molar-refractivity contribution in [3.63, 3.8) is 0 Å². The molecule has 1 aromatic rings. The van der Waals surface area contributed by atoms with E-state index in [2.05, 4.69) is 0 Å². The first-order chi connectivity index (χ1) is 13.5. The molecule has 3 heterocycles. The van der Waals surface area contributed by atoms with Crippen molar-refractivity contribution in [2.24, 2.45) is 11.8 Å². The Morgan fingerprint density at radius 1 is 1.31 bits per heavy atom. The predicted molar refractivity (Wildman–Crippen MR) is 90.2 cm³/mol. The Morgan fingerprint density at radius 2 is 1.97 bits per heavy atom. The molecule has 2 unspecified atom stereocenters. The number of ether oxygens (including phenoxy) is 1. The third kappa shape index (κ3) is 2.48. The van der Waals surface area contributed by atoms with Crippen LogP contribution in [-0.4, -0.2) is 45.9 Å². The van der Waals surface area contributed by atoms with Crippen molar-refractivity contribution in [1.82, 2.24) is 0 Å². The number of hydrogen-bond acceptors (Lipinski definition) is 6. The smallest absolute Gasteiger partial charge is 0.396 e. The average Bonchev–Trinajstić information content (AvgIpc) is 3.16. The van der Waals surface area contributed by atoms with Gasteiger partial charge in [0.25, 0.3) is 0 Å². The lowest BCUT2D eigenvalue weighted by Gasteiger charge is -2.34. The van der Waals surface area contributed by atoms with Gasteiger partial charge in [0, 0.05) is 19.4 Å². The van der Waals surface area contributed by atoms with Gasteiger partial charge in [-0.25, -0.2) is 4.90 Å². The molecule has 29 heavy (non-hydrogen) atoms. The molecule has 2 N–H and O–H groups in total. The van der Waals surface area contributed by atoms with Gasteiger partial charge in [-0.2, -0.15) is 18.4 Å². The summed E-state index contributed by atoms with van der Waals surface area (Å²) in [6.45, 7) is 1.18. The van der Waals surface area contributed by atoms with Crippen LogP contribution < -0.4 is 4.90 Å². The van der Waals surface area contributed by atoms with Gasteiger partial charge >= 0.3 is 6.18 Å². The van der Waals surface area contributed by atoms with E-state index in [1.165, 1.54) is 6.07 Å². The number of aliphatic hydroxyl groups excluding tert-OH is 2. The van der Waals surface area contributed by atoms with E-state index in [0.717, 1.165) is 12.1 Å². The van der Waals surface area contributed by atoms with Gasteiger partial charge < -0.3 is 14.9 Å². The molecule has 0 spiro atoms. The fourth-order valence-electron chi connectivity index (χ4n) is 5.14. The molecule has 0 saturated carbocycles. The van der Waals surface area contributed by atoms with E-state index >= 15 is 0 Å². The van der Waals surface area contributed by atoms with Crippen molar-refractivity contribution in [3.8, 4) is 6.07 Å². The standard InChI is InChI=1S/C19H17F3N2O5/c1-17-7-12(26)18(29-17,4-5-25)14-13(17)15(27)24(16(14)28)10-3-2-9(8-23)11(6-10)19(20,21)22/h2-3,6,12-14,25-26H,4-5,7H2,1H3/t12-,13?,14?,17+,18-/m0/s1. The summed E-state index contributed by atoms with van der Waals surface area (Å²) in [5.74, 6) is -3.59. The molecular formula is C19H17F3N2O5. The zero-order valence-corrected chi connectivity index (χ0v) is 15.2.